The molecule has 0 aliphatic carbocycles. The molecule has 0 aliphatic rings. The molecule has 0 saturated heterocycles. The predicted molar refractivity (Wildman–Crippen MR) is 89.8 cm³/mol. The maximum absolute atomic E-state index is 12.0. The third kappa shape index (κ3) is 10.4. The molecule has 0 radical (unpaired) electrons. The Morgan fingerprint density at radius 1 is 0.650 bits per heavy atom. The van der Waals surface area contributed by atoms with Gasteiger partial charge in [-0.25, -0.2) is 0 Å². The van der Waals surface area contributed by atoms with Gasteiger partial charge in [-0.3, -0.25) is 0 Å². The van der Waals surface area contributed by atoms with Crippen LogP contribution in [0, 0.1) is 0 Å². The molecule has 0 unspecified atom stereocenters. The molecule has 0 fully saturated rings. The summed E-state index contributed by atoms with van der Waals surface area (Å²) >= 11 is 0. The monoisotopic (exact) mass is 298 g/mol. The molecule has 2 nitrogen and oxygen atoms in total. The Labute approximate surface area is 127 Å². The van der Waals surface area contributed by atoms with Crippen molar-refractivity contribution in [2.75, 3.05) is 0 Å². The van der Waals surface area contributed by atoms with Crippen LogP contribution in [0.4, 0.5) is 0 Å². The predicted octanol–water partition coefficient (Wildman–Crippen LogP) is 4.78. The van der Waals surface area contributed by atoms with E-state index in [-0.39, 0.29) is 0 Å². The topological polar surface area (TPSA) is 34.1 Å². The fraction of sp³-hybridized carbons (Fsp3) is 0.882. The molecular formula is C17H34O2Si. The molecule has 0 aromatic carbocycles. The van der Waals surface area contributed by atoms with Crippen molar-refractivity contribution in [1.29, 1.82) is 0 Å². The maximum atomic E-state index is 12.0. The minimum Gasteiger partial charge on any atom is -0.305 e. The third-order valence-electron chi connectivity index (χ3n) is 4.02. The van der Waals surface area contributed by atoms with E-state index in [0.29, 0.717) is 23.7 Å². The summed E-state index contributed by atoms with van der Waals surface area (Å²) in [5.74, 6) is 0. The second-order valence-electron chi connectivity index (χ2n) is 5.98. The quantitative estimate of drug-likeness (QED) is 0.341. The van der Waals surface area contributed by atoms with Crippen LogP contribution in [0.2, 0.25) is 6.55 Å². The molecule has 0 spiro atoms. The SMILES string of the molecule is CCCCCCCC(=O)[SiH](C)C(=O)CCCCCCC. The van der Waals surface area contributed by atoms with Crippen LogP contribution in [0.1, 0.15) is 90.9 Å². The van der Waals surface area contributed by atoms with Gasteiger partial charge in [0.1, 0.15) is 10.8 Å². The third-order valence-corrected chi connectivity index (χ3v) is 6.53. The van der Waals surface area contributed by atoms with Gasteiger partial charge in [0.2, 0.25) is 0 Å². The molecule has 0 aliphatic heterocycles. The summed E-state index contributed by atoms with van der Waals surface area (Å²) in [5.41, 5.74) is 0. The van der Waals surface area contributed by atoms with Gasteiger partial charge in [0.25, 0.3) is 0 Å². The molecule has 0 amide bonds. The van der Waals surface area contributed by atoms with Gasteiger partial charge in [-0.2, -0.15) is 0 Å². The zero-order valence-corrected chi connectivity index (χ0v) is 15.0. The standard InChI is InChI=1S/C17H34O2Si/c1-4-6-8-10-12-14-16(18)20(3)17(19)15-13-11-9-7-5-2/h20H,4-15H2,1-3H3. The minimum atomic E-state index is -1.79. The summed E-state index contributed by atoms with van der Waals surface area (Å²) in [5, 5.41) is 0.583. The number of rotatable bonds is 14. The second kappa shape index (κ2) is 13.5. The van der Waals surface area contributed by atoms with Crippen molar-refractivity contribution in [3.8, 4) is 0 Å². The average Bonchev–Trinajstić information content (AvgIpc) is 2.45. The van der Waals surface area contributed by atoms with Crippen LogP contribution < -0.4 is 0 Å². The summed E-state index contributed by atoms with van der Waals surface area (Å²) in [6.07, 6.45) is 13.0. The van der Waals surface area contributed by atoms with Gasteiger partial charge in [0, 0.05) is 12.8 Å². The van der Waals surface area contributed by atoms with E-state index < -0.39 is 8.80 Å². The van der Waals surface area contributed by atoms with Crippen molar-refractivity contribution in [2.24, 2.45) is 0 Å². The number of hydrogen-bond acceptors (Lipinski definition) is 2. The van der Waals surface area contributed by atoms with Gasteiger partial charge in [-0.1, -0.05) is 71.8 Å². The van der Waals surface area contributed by atoms with Crippen LogP contribution in [-0.4, -0.2) is 19.6 Å². The highest BCUT2D eigenvalue weighted by Gasteiger charge is 2.22. The van der Waals surface area contributed by atoms with Crippen molar-refractivity contribution in [2.45, 2.75) is 97.4 Å². The Balaban J connectivity index is 3.67. The van der Waals surface area contributed by atoms with Crippen LogP contribution in [-0.2, 0) is 9.59 Å². The Morgan fingerprint density at radius 3 is 1.35 bits per heavy atom. The van der Waals surface area contributed by atoms with Gasteiger partial charge in [0.15, 0.2) is 8.80 Å². The number of carbonyl (C=O) groups excluding carboxylic acids is 2. The largest absolute Gasteiger partial charge is 0.305 e. The Morgan fingerprint density at radius 2 is 1.00 bits per heavy atom. The van der Waals surface area contributed by atoms with E-state index in [0.717, 1.165) is 25.7 Å². The molecule has 0 aromatic heterocycles. The highest BCUT2D eigenvalue weighted by atomic mass is 28.3. The first-order chi connectivity index (χ1) is 9.63. The molecule has 0 atom stereocenters. The van der Waals surface area contributed by atoms with Crippen molar-refractivity contribution >= 4 is 19.6 Å². The summed E-state index contributed by atoms with van der Waals surface area (Å²) in [6, 6.07) is 0. The van der Waals surface area contributed by atoms with E-state index in [1.54, 1.807) is 0 Å². The summed E-state index contributed by atoms with van der Waals surface area (Å²) < 4.78 is 0. The zero-order chi connectivity index (χ0) is 15.2. The van der Waals surface area contributed by atoms with E-state index in [4.69, 9.17) is 0 Å². The number of carbonyl (C=O) groups is 2. The van der Waals surface area contributed by atoms with Crippen LogP contribution in [0.5, 0.6) is 0 Å². The van der Waals surface area contributed by atoms with Crippen molar-refractivity contribution < 1.29 is 9.59 Å². The van der Waals surface area contributed by atoms with E-state index in [1.165, 1.54) is 38.5 Å². The fourth-order valence-electron chi connectivity index (χ4n) is 2.42. The van der Waals surface area contributed by atoms with E-state index in [2.05, 4.69) is 13.8 Å². The van der Waals surface area contributed by atoms with Crippen LogP contribution in [0.3, 0.4) is 0 Å². The molecule has 0 aromatic rings. The average molecular weight is 299 g/mol. The van der Waals surface area contributed by atoms with Gasteiger partial charge < -0.3 is 9.59 Å². The van der Waals surface area contributed by atoms with Crippen LogP contribution in [0.25, 0.3) is 0 Å². The van der Waals surface area contributed by atoms with Crippen LogP contribution in [0.15, 0.2) is 0 Å². The molecule has 0 N–H and O–H groups in total. The fourth-order valence-corrected chi connectivity index (χ4v) is 4.05. The lowest BCUT2D eigenvalue weighted by atomic mass is 10.1. The molecular weight excluding hydrogens is 264 g/mol. The molecule has 3 heteroatoms. The molecule has 0 rings (SSSR count). The van der Waals surface area contributed by atoms with Crippen molar-refractivity contribution in [3.05, 3.63) is 0 Å². The Bertz CT molecular complexity index is 238. The molecule has 0 saturated carbocycles. The summed E-state index contributed by atoms with van der Waals surface area (Å²) in [4.78, 5) is 24.0. The first kappa shape index (κ1) is 19.6. The molecule has 118 valence electrons. The summed E-state index contributed by atoms with van der Waals surface area (Å²) in [6.45, 7) is 6.32. The van der Waals surface area contributed by atoms with Gasteiger partial charge in [-0.15, -0.1) is 0 Å². The zero-order valence-electron chi connectivity index (χ0n) is 13.9. The lowest BCUT2D eigenvalue weighted by Gasteiger charge is -2.08. The van der Waals surface area contributed by atoms with E-state index >= 15 is 0 Å². The Hall–Kier alpha value is -0.443. The first-order valence-electron chi connectivity index (χ1n) is 8.68. The van der Waals surface area contributed by atoms with Crippen molar-refractivity contribution in [3.63, 3.8) is 0 Å². The van der Waals surface area contributed by atoms with Crippen LogP contribution >= 0.6 is 0 Å². The first-order valence-corrected chi connectivity index (χ1v) is 11.0. The molecule has 0 heterocycles. The highest BCUT2D eigenvalue weighted by Crippen LogP contribution is 2.09. The normalized spacial score (nSPS) is 11.0. The summed E-state index contributed by atoms with van der Waals surface area (Å²) in [7, 11) is -1.79. The van der Waals surface area contributed by atoms with Crippen molar-refractivity contribution in [1.82, 2.24) is 0 Å². The maximum Gasteiger partial charge on any atom is 0.190 e. The van der Waals surface area contributed by atoms with Gasteiger partial charge in [-0.05, 0) is 12.8 Å². The molecule has 20 heavy (non-hydrogen) atoms. The second-order valence-corrected chi connectivity index (χ2v) is 8.71. The van der Waals surface area contributed by atoms with E-state index in [1.807, 2.05) is 6.55 Å². The molecule has 0 bridgehead atoms. The Kier molecular flexibility index (Phi) is 13.2. The number of unbranched alkanes of at least 4 members (excludes halogenated alkanes) is 8. The lowest BCUT2D eigenvalue weighted by molar-refractivity contribution is -0.115. The minimum absolute atomic E-state index is 0.292. The van der Waals surface area contributed by atoms with E-state index in [9.17, 15) is 9.59 Å². The highest BCUT2D eigenvalue weighted by molar-refractivity contribution is 7.10. The van der Waals surface area contributed by atoms with Gasteiger partial charge in [0.05, 0.1) is 0 Å². The lowest BCUT2D eigenvalue weighted by Crippen LogP contribution is -2.32. The van der Waals surface area contributed by atoms with Gasteiger partial charge >= 0.3 is 0 Å². The number of hydrogen-bond donors (Lipinski definition) is 0. The smallest absolute Gasteiger partial charge is 0.190 e.